The number of carbonyl (C=O) groups excluding carboxylic acids is 4. The Hall–Kier alpha value is -5.80. The number of hydrogen-bond acceptors (Lipinski definition) is 10. The van der Waals surface area contributed by atoms with Crippen LogP contribution in [0.25, 0.3) is 52.1 Å². The van der Waals surface area contributed by atoms with Crippen LogP contribution in [0.5, 0.6) is 0 Å². The maximum absolute atomic E-state index is 13.7. The number of methoxy groups -OCH3 is 2. The molecule has 2 saturated heterocycles. The normalized spacial score (nSPS) is 18.5. The summed E-state index contributed by atoms with van der Waals surface area (Å²) in [6, 6.07) is 20.3. The molecule has 0 unspecified atom stereocenters. The van der Waals surface area contributed by atoms with E-state index >= 15 is 0 Å². The minimum atomic E-state index is -0.685. The van der Waals surface area contributed by atoms with E-state index < -0.39 is 24.3 Å². The Labute approximate surface area is 367 Å². The predicted molar refractivity (Wildman–Crippen MR) is 245 cm³/mol. The molecule has 6 aromatic rings. The number of amides is 4. The van der Waals surface area contributed by atoms with Gasteiger partial charge in [-0.1, -0.05) is 39.8 Å². The van der Waals surface area contributed by atoms with Crippen molar-refractivity contribution in [1.29, 1.82) is 0 Å². The molecule has 3 aromatic heterocycles. The molecule has 0 saturated carbocycles. The first-order chi connectivity index (χ1) is 29.9. The van der Waals surface area contributed by atoms with Gasteiger partial charge < -0.3 is 34.9 Å². The number of aromatic nitrogens is 2. The maximum Gasteiger partial charge on any atom is 0.407 e. The van der Waals surface area contributed by atoms with E-state index in [0.29, 0.717) is 19.5 Å². The van der Waals surface area contributed by atoms with Gasteiger partial charge >= 0.3 is 12.2 Å². The molecule has 0 spiro atoms. The number of fused-ring (bicyclic) bond motifs is 4. The van der Waals surface area contributed by atoms with Gasteiger partial charge in [-0.3, -0.25) is 14.6 Å². The molecule has 3 aromatic carbocycles. The number of hydrogen-bond donors (Lipinski definition) is 3. The van der Waals surface area contributed by atoms with Gasteiger partial charge in [0.2, 0.25) is 11.8 Å². The van der Waals surface area contributed by atoms with Crippen molar-refractivity contribution in [1.82, 2.24) is 30.4 Å². The second kappa shape index (κ2) is 16.8. The van der Waals surface area contributed by atoms with Crippen LogP contribution in [0.1, 0.15) is 70.8 Å². The Kier molecular flexibility index (Phi) is 11.3. The van der Waals surface area contributed by atoms with E-state index in [1.165, 1.54) is 44.1 Å². The molecule has 62 heavy (non-hydrogen) atoms. The monoisotopic (exact) mass is 873 g/mol. The summed E-state index contributed by atoms with van der Waals surface area (Å²) in [4.78, 5) is 71.1. The molecular weight excluding hydrogens is 823 g/mol. The first-order valence-corrected chi connectivity index (χ1v) is 23.0. The van der Waals surface area contributed by atoms with Crippen molar-refractivity contribution in [3.63, 3.8) is 0 Å². The van der Waals surface area contributed by atoms with Crippen LogP contribution in [0, 0.1) is 11.8 Å². The average Bonchev–Trinajstić information content (AvgIpc) is 4.12. The van der Waals surface area contributed by atoms with Crippen LogP contribution in [0.4, 0.5) is 15.3 Å². The predicted octanol–water partition coefficient (Wildman–Crippen LogP) is 9.37. The second-order valence-electron chi connectivity index (χ2n) is 17.2. The van der Waals surface area contributed by atoms with Gasteiger partial charge in [0, 0.05) is 44.4 Å². The SMILES string of the molecule is COC(=O)N[C@H](C(=O)N1CCC[C@H]1C1=Nc2ccc(-c3cc4cc5sc(-c6ccc7nc([C@@H]8CCCN8C(=O)[C@@H](NC(=O)OC)C(C)C)[nH]c7c6)cc5cc4s3)cc2C1)C(C)C. The third-order valence-corrected chi connectivity index (χ3v) is 14.8. The molecule has 2 fully saturated rings. The van der Waals surface area contributed by atoms with E-state index in [9.17, 15) is 19.2 Å². The Morgan fingerprint density at radius 3 is 1.85 bits per heavy atom. The molecule has 4 amide bonds. The highest BCUT2D eigenvalue weighted by atomic mass is 32.1. The van der Waals surface area contributed by atoms with E-state index in [0.717, 1.165) is 70.6 Å². The Balaban J connectivity index is 0.904. The smallest absolute Gasteiger partial charge is 0.407 e. The van der Waals surface area contributed by atoms with Crippen LogP contribution in [0.2, 0.25) is 0 Å². The summed E-state index contributed by atoms with van der Waals surface area (Å²) >= 11 is 3.55. The zero-order chi connectivity index (χ0) is 43.4. The number of imidazole rings is 1. The maximum atomic E-state index is 13.7. The Morgan fingerprint density at radius 2 is 1.27 bits per heavy atom. The number of alkyl carbamates (subject to hydrolysis) is 2. The lowest BCUT2D eigenvalue weighted by Gasteiger charge is -2.30. The molecule has 0 radical (unpaired) electrons. The summed E-state index contributed by atoms with van der Waals surface area (Å²) < 4.78 is 12.0. The molecule has 13 nitrogen and oxygen atoms in total. The minimum absolute atomic E-state index is 0.0844. The summed E-state index contributed by atoms with van der Waals surface area (Å²) in [7, 11) is 2.61. The molecule has 15 heteroatoms. The molecule has 4 atom stereocenters. The standard InChI is InChI=1S/C47H51N7O6S2/c1-24(2)41(51-46(57)59-5)44(55)53-15-7-9-35(53)34-19-28-17-26(11-13-31(28)48-34)37-20-29-22-40-30(23-39(29)61-37)21-38(62-40)27-12-14-32-33(18-27)50-43(49-32)36-10-8-16-54(36)45(56)42(25(3)4)52-47(58)60-6/h11-14,17-18,20-25,35-36,41-42H,7-10,15-16,19H2,1-6H3,(H,49,50)(H,51,57)(H,52,58)/t35-,36-,41-,42-/m0/s1. The summed E-state index contributed by atoms with van der Waals surface area (Å²) in [6.07, 6.45) is 2.86. The number of nitrogens with one attached hydrogen (secondary N) is 3. The topological polar surface area (TPSA) is 158 Å². The largest absolute Gasteiger partial charge is 0.453 e. The van der Waals surface area contributed by atoms with Gasteiger partial charge in [-0.05, 0) is 114 Å². The number of ether oxygens (including phenoxy) is 2. The van der Waals surface area contributed by atoms with Crippen molar-refractivity contribution in [2.45, 2.75) is 84.0 Å². The van der Waals surface area contributed by atoms with E-state index in [4.69, 9.17) is 19.5 Å². The lowest BCUT2D eigenvalue weighted by Crippen LogP contribution is -2.53. The van der Waals surface area contributed by atoms with Crippen molar-refractivity contribution < 1.29 is 28.7 Å². The fourth-order valence-electron chi connectivity index (χ4n) is 9.22. The van der Waals surface area contributed by atoms with Crippen LogP contribution in [0.3, 0.4) is 0 Å². The number of likely N-dealkylation sites (tertiary alicyclic amines) is 2. The average molecular weight is 874 g/mol. The van der Waals surface area contributed by atoms with Crippen LogP contribution in [-0.4, -0.2) is 94.9 Å². The summed E-state index contributed by atoms with van der Waals surface area (Å²) in [5, 5.41) is 7.86. The number of aliphatic imine (C=N–C) groups is 1. The highest BCUT2D eigenvalue weighted by Crippen LogP contribution is 2.43. The highest BCUT2D eigenvalue weighted by Gasteiger charge is 2.40. The molecule has 3 aliphatic heterocycles. The summed E-state index contributed by atoms with van der Waals surface area (Å²) in [5.41, 5.74) is 7.14. The van der Waals surface area contributed by atoms with Crippen molar-refractivity contribution in [2.24, 2.45) is 16.8 Å². The zero-order valence-corrected chi connectivity index (χ0v) is 37.4. The molecular formula is C47H51N7O6S2. The Bertz CT molecular complexity index is 2720. The first kappa shape index (κ1) is 41.5. The minimum Gasteiger partial charge on any atom is -0.453 e. The number of rotatable bonds is 10. The van der Waals surface area contributed by atoms with Gasteiger partial charge in [-0.2, -0.15) is 0 Å². The van der Waals surface area contributed by atoms with Crippen LogP contribution in [0.15, 0.2) is 65.7 Å². The Morgan fingerprint density at radius 1 is 0.726 bits per heavy atom. The third kappa shape index (κ3) is 7.80. The van der Waals surface area contributed by atoms with Gasteiger partial charge in [-0.15, -0.1) is 22.7 Å². The fourth-order valence-corrected chi connectivity index (χ4v) is 11.4. The zero-order valence-electron chi connectivity index (χ0n) is 35.7. The van der Waals surface area contributed by atoms with Crippen molar-refractivity contribution in [2.75, 3.05) is 27.3 Å². The quantitative estimate of drug-likeness (QED) is 0.124. The molecule has 9 rings (SSSR count). The number of thiophene rings is 2. The molecule has 322 valence electrons. The first-order valence-electron chi connectivity index (χ1n) is 21.4. The summed E-state index contributed by atoms with van der Waals surface area (Å²) in [6.45, 7) is 8.93. The number of carbonyl (C=O) groups is 4. The summed E-state index contributed by atoms with van der Waals surface area (Å²) in [5.74, 6) is 0.352. The van der Waals surface area contributed by atoms with Gasteiger partial charge in [-0.25, -0.2) is 14.6 Å². The van der Waals surface area contributed by atoms with E-state index in [1.807, 2.05) is 43.6 Å². The third-order valence-electron chi connectivity index (χ3n) is 12.5. The van der Waals surface area contributed by atoms with Crippen molar-refractivity contribution >= 4 is 89.3 Å². The van der Waals surface area contributed by atoms with Crippen molar-refractivity contribution in [3.8, 4) is 20.9 Å². The number of aromatic amines is 1. The van der Waals surface area contributed by atoms with E-state index in [1.54, 1.807) is 22.7 Å². The van der Waals surface area contributed by atoms with Gasteiger partial charge in [0.15, 0.2) is 0 Å². The molecule has 6 heterocycles. The molecule has 3 N–H and O–H groups in total. The molecule has 3 aliphatic rings. The van der Waals surface area contributed by atoms with E-state index in [-0.39, 0.29) is 35.7 Å². The van der Waals surface area contributed by atoms with Gasteiger partial charge in [0.1, 0.15) is 17.9 Å². The van der Waals surface area contributed by atoms with Crippen LogP contribution in [-0.2, 0) is 25.5 Å². The van der Waals surface area contributed by atoms with Crippen LogP contribution < -0.4 is 10.6 Å². The molecule has 0 aliphatic carbocycles. The van der Waals surface area contributed by atoms with E-state index in [2.05, 4.69) is 70.2 Å². The lowest BCUT2D eigenvalue weighted by atomic mass is 9.99. The number of nitrogens with zero attached hydrogens (tertiary/aromatic N) is 4. The lowest BCUT2D eigenvalue weighted by molar-refractivity contribution is -0.135. The number of H-pyrrole nitrogens is 1. The van der Waals surface area contributed by atoms with Crippen LogP contribution >= 0.6 is 22.7 Å². The number of benzene rings is 3. The highest BCUT2D eigenvalue weighted by molar-refractivity contribution is 7.23. The molecule has 0 bridgehead atoms. The van der Waals surface area contributed by atoms with Gasteiger partial charge in [0.05, 0.1) is 43.0 Å². The second-order valence-corrected chi connectivity index (χ2v) is 19.4. The van der Waals surface area contributed by atoms with Gasteiger partial charge in [0.25, 0.3) is 0 Å². The fraction of sp³-hybridized carbons (Fsp3) is 0.404. The van der Waals surface area contributed by atoms with Crippen molar-refractivity contribution in [3.05, 3.63) is 72.1 Å².